The standard InChI is InChI=1S/C16H26N2OS/c1-3-13-4-5-14(20-13)10-18-15(19)16(11-17)8-6-12(2)7-9-16/h4-5,12H,3,6-11,17H2,1-2H3,(H,18,19). The zero-order chi connectivity index (χ0) is 14.6. The van der Waals surface area contributed by atoms with Gasteiger partial charge in [-0.2, -0.15) is 0 Å². The van der Waals surface area contributed by atoms with Gasteiger partial charge >= 0.3 is 0 Å². The van der Waals surface area contributed by atoms with Crippen molar-refractivity contribution in [3.05, 3.63) is 21.9 Å². The van der Waals surface area contributed by atoms with Crippen LogP contribution in [0, 0.1) is 11.3 Å². The van der Waals surface area contributed by atoms with Crippen molar-refractivity contribution in [1.82, 2.24) is 5.32 Å². The predicted octanol–water partition coefficient (Wildman–Crippen LogP) is 3.08. The third-order valence-electron chi connectivity index (χ3n) is 4.59. The maximum atomic E-state index is 12.5. The van der Waals surface area contributed by atoms with Gasteiger partial charge in [-0.1, -0.05) is 13.8 Å². The van der Waals surface area contributed by atoms with Crippen LogP contribution in [-0.4, -0.2) is 12.5 Å². The van der Waals surface area contributed by atoms with E-state index < -0.39 is 0 Å². The first-order chi connectivity index (χ1) is 9.59. The van der Waals surface area contributed by atoms with Gasteiger partial charge in [0.05, 0.1) is 12.0 Å². The maximum absolute atomic E-state index is 12.5. The summed E-state index contributed by atoms with van der Waals surface area (Å²) in [6, 6.07) is 4.26. The summed E-state index contributed by atoms with van der Waals surface area (Å²) >= 11 is 1.78. The average Bonchev–Trinajstić information content (AvgIpc) is 2.94. The van der Waals surface area contributed by atoms with Crippen molar-refractivity contribution in [2.24, 2.45) is 17.1 Å². The molecule has 3 nitrogen and oxygen atoms in total. The summed E-state index contributed by atoms with van der Waals surface area (Å²) in [6.45, 7) is 5.52. The molecule has 0 saturated heterocycles. The van der Waals surface area contributed by atoms with Crippen LogP contribution in [-0.2, 0) is 17.8 Å². The van der Waals surface area contributed by atoms with Gasteiger partial charge in [-0.3, -0.25) is 4.79 Å². The van der Waals surface area contributed by atoms with E-state index in [0.717, 1.165) is 38.0 Å². The quantitative estimate of drug-likeness (QED) is 0.877. The largest absolute Gasteiger partial charge is 0.351 e. The summed E-state index contributed by atoms with van der Waals surface area (Å²) in [4.78, 5) is 15.1. The molecular formula is C16H26N2OS. The van der Waals surface area contributed by atoms with Crippen LogP contribution in [0.15, 0.2) is 12.1 Å². The predicted molar refractivity (Wildman–Crippen MR) is 84.7 cm³/mol. The van der Waals surface area contributed by atoms with Gasteiger partial charge in [0, 0.05) is 16.3 Å². The molecule has 1 aromatic rings. The van der Waals surface area contributed by atoms with Gasteiger partial charge in [-0.05, 0) is 50.2 Å². The van der Waals surface area contributed by atoms with E-state index in [1.807, 2.05) is 0 Å². The maximum Gasteiger partial charge on any atom is 0.227 e. The molecule has 1 aliphatic carbocycles. The first-order valence-electron chi connectivity index (χ1n) is 7.65. The lowest BCUT2D eigenvalue weighted by atomic mass is 9.70. The molecule has 0 aliphatic heterocycles. The number of nitrogens with two attached hydrogens (primary N) is 1. The second-order valence-corrected chi connectivity index (χ2v) is 7.32. The summed E-state index contributed by atoms with van der Waals surface area (Å²) < 4.78 is 0. The fraction of sp³-hybridized carbons (Fsp3) is 0.688. The molecule has 3 N–H and O–H groups in total. The van der Waals surface area contributed by atoms with Crippen LogP contribution < -0.4 is 11.1 Å². The highest BCUT2D eigenvalue weighted by molar-refractivity contribution is 7.11. The molecule has 112 valence electrons. The average molecular weight is 294 g/mol. The van der Waals surface area contributed by atoms with E-state index in [4.69, 9.17) is 5.73 Å². The molecule has 20 heavy (non-hydrogen) atoms. The Bertz CT molecular complexity index is 447. The molecule has 1 aromatic heterocycles. The van der Waals surface area contributed by atoms with Crippen LogP contribution in [0.2, 0.25) is 0 Å². The van der Waals surface area contributed by atoms with Gasteiger partial charge < -0.3 is 11.1 Å². The number of hydrogen-bond donors (Lipinski definition) is 2. The Hall–Kier alpha value is -0.870. The van der Waals surface area contributed by atoms with Crippen LogP contribution in [0.4, 0.5) is 0 Å². The molecule has 2 rings (SSSR count). The van der Waals surface area contributed by atoms with E-state index in [9.17, 15) is 4.79 Å². The number of nitrogens with one attached hydrogen (secondary N) is 1. The first kappa shape index (κ1) is 15.5. The van der Waals surface area contributed by atoms with Crippen LogP contribution in [0.25, 0.3) is 0 Å². The molecular weight excluding hydrogens is 268 g/mol. The van der Waals surface area contributed by atoms with Crippen LogP contribution in [0.5, 0.6) is 0 Å². The van der Waals surface area contributed by atoms with Crippen molar-refractivity contribution in [2.45, 2.75) is 52.5 Å². The Labute approximate surface area is 125 Å². The zero-order valence-electron chi connectivity index (χ0n) is 12.6. The third kappa shape index (κ3) is 3.41. The minimum atomic E-state index is -0.322. The number of carbonyl (C=O) groups is 1. The highest BCUT2D eigenvalue weighted by Gasteiger charge is 2.39. The van der Waals surface area contributed by atoms with Gasteiger partial charge in [0.25, 0.3) is 0 Å². The second kappa shape index (κ2) is 6.72. The lowest BCUT2D eigenvalue weighted by Crippen LogP contribution is -2.47. The molecule has 0 spiro atoms. The Kier molecular flexibility index (Phi) is 5.22. The van der Waals surface area contributed by atoms with E-state index >= 15 is 0 Å². The number of rotatable bonds is 5. The van der Waals surface area contributed by atoms with Crippen molar-refractivity contribution in [2.75, 3.05) is 6.54 Å². The molecule has 0 unspecified atom stereocenters. The molecule has 0 bridgehead atoms. The fourth-order valence-corrected chi connectivity index (χ4v) is 3.80. The molecule has 4 heteroatoms. The summed E-state index contributed by atoms with van der Waals surface area (Å²) in [5.41, 5.74) is 5.60. The van der Waals surface area contributed by atoms with E-state index in [2.05, 4.69) is 31.3 Å². The molecule has 0 atom stereocenters. The number of hydrogen-bond acceptors (Lipinski definition) is 3. The van der Waals surface area contributed by atoms with E-state index in [0.29, 0.717) is 13.1 Å². The normalized spacial score (nSPS) is 26.4. The minimum Gasteiger partial charge on any atom is -0.351 e. The molecule has 1 fully saturated rings. The number of thiophene rings is 1. The first-order valence-corrected chi connectivity index (χ1v) is 8.47. The highest BCUT2D eigenvalue weighted by Crippen LogP contribution is 2.38. The van der Waals surface area contributed by atoms with Crippen LogP contribution in [0.1, 0.15) is 49.3 Å². The fourth-order valence-electron chi connectivity index (χ4n) is 2.90. The van der Waals surface area contributed by atoms with E-state index in [1.165, 1.54) is 9.75 Å². The summed E-state index contributed by atoms with van der Waals surface area (Å²) in [7, 11) is 0. The van der Waals surface area contributed by atoms with Crippen molar-refractivity contribution in [3.63, 3.8) is 0 Å². The van der Waals surface area contributed by atoms with Crippen molar-refractivity contribution in [1.29, 1.82) is 0 Å². The molecule has 1 amide bonds. The van der Waals surface area contributed by atoms with Gasteiger partial charge in [0.2, 0.25) is 5.91 Å². The Morgan fingerprint density at radius 3 is 2.60 bits per heavy atom. The number of carbonyl (C=O) groups excluding carboxylic acids is 1. The number of aryl methyl sites for hydroxylation is 1. The van der Waals surface area contributed by atoms with E-state index in [1.54, 1.807) is 11.3 Å². The van der Waals surface area contributed by atoms with Crippen LogP contribution in [0.3, 0.4) is 0 Å². The van der Waals surface area contributed by atoms with Gasteiger partial charge in [0.1, 0.15) is 0 Å². The smallest absolute Gasteiger partial charge is 0.227 e. The number of amides is 1. The Morgan fingerprint density at radius 2 is 2.05 bits per heavy atom. The van der Waals surface area contributed by atoms with Gasteiger partial charge in [-0.25, -0.2) is 0 Å². The molecule has 0 radical (unpaired) electrons. The van der Waals surface area contributed by atoms with E-state index in [-0.39, 0.29) is 11.3 Å². The van der Waals surface area contributed by atoms with Gasteiger partial charge in [0.15, 0.2) is 0 Å². The lowest BCUT2D eigenvalue weighted by Gasteiger charge is -2.37. The third-order valence-corrected chi connectivity index (χ3v) is 5.82. The molecule has 0 aromatic carbocycles. The molecule has 1 saturated carbocycles. The molecule has 1 heterocycles. The summed E-state index contributed by atoms with van der Waals surface area (Å²) in [6.07, 6.45) is 5.15. The summed E-state index contributed by atoms with van der Waals surface area (Å²) in [5.74, 6) is 0.880. The SMILES string of the molecule is CCc1ccc(CNC(=O)C2(CN)CCC(C)CC2)s1. The second-order valence-electron chi connectivity index (χ2n) is 6.07. The van der Waals surface area contributed by atoms with Crippen molar-refractivity contribution in [3.8, 4) is 0 Å². The topological polar surface area (TPSA) is 55.1 Å². The van der Waals surface area contributed by atoms with Crippen molar-refractivity contribution < 1.29 is 4.79 Å². The molecule has 1 aliphatic rings. The van der Waals surface area contributed by atoms with Crippen LogP contribution >= 0.6 is 11.3 Å². The van der Waals surface area contributed by atoms with Gasteiger partial charge in [-0.15, -0.1) is 11.3 Å². The highest BCUT2D eigenvalue weighted by atomic mass is 32.1. The Morgan fingerprint density at radius 1 is 1.40 bits per heavy atom. The lowest BCUT2D eigenvalue weighted by molar-refractivity contribution is -0.133. The summed E-state index contributed by atoms with van der Waals surface area (Å²) in [5, 5.41) is 3.10. The van der Waals surface area contributed by atoms with Crippen molar-refractivity contribution >= 4 is 17.2 Å². The monoisotopic (exact) mass is 294 g/mol. The minimum absolute atomic E-state index is 0.151. The Balaban J connectivity index is 1.92. The zero-order valence-corrected chi connectivity index (χ0v) is 13.4.